The molecule has 0 amide bonds. The molecule has 0 spiro atoms. The maximum absolute atomic E-state index is 10.7. The fourth-order valence-corrected chi connectivity index (χ4v) is 3.29. The van der Waals surface area contributed by atoms with Crippen LogP contribution in [0.1, 0.15) is 45.4 Å². The van der Waals surface area contributed by atoms with Crippen LogP contribution in [0.3, 0.4) is 0 Å². The molecule has 144 valence electrons. The van der Waals surface area contributed by atoms with Crippen molar-refractivity contribution in [2.24, 2.45) is 0 Å². The number of hydrogen-bond donors (Lipinski definition) is 0. The molecule has 0 aromatic rings. The average molecular weight is 374 g/mol. The summed E-state index contributed by atoms with van der Waals surface area (Å²) in [6.07, 6.45) is 8.70. The Morgan fingerprint density at radius 2 is 1.38 bits per heavy atom. The van der Waals surface area contributed by atoms with Gasteiger partial charge in [-0.3, -0.25) is 4.90 Å². The number of unbranched alkanes of at least 4 members (excludes halogenated alkanes) is 5. The topological polar surface area (TPSA) is 60.4 Å². The summed E-state index contributed by atoms with van der Waals surface area (Å²) in [5, 5.41) is 0. The summed E-state index contributed by atoms with van der Waals surface area (Å²) < 4.78 is 60.4. The highest BCUT2D eigenvalue weighted by molar-refractivity contribution is 7.86. The molecular weight excluding hydrogens is 345 g/mol. The van der Waals surface area contributed by atoms with Gasteiger partial charge in [0.2, 0.25) is 0 Å². The summed E-state index contributed by atoms with van der Waals surface area (Å²) in [7, 11) is -6.09. The van der Waals surface area contributed by atoms with Gasteiger partial charge in [0.15, 0.2) is 10.1 Å². The van der Waals surface area contributed by atoms with Gasteiger partial charge in [0.25, 0.3) is 0 Å². The highest BCUT2D eigenvalue weighted by atomic mass is 32.2. The Morgan fingerprint density at radius 3 is 1.79 bits per heavy atom. The molecule has 3 aliphatic rings. The number of fused-ring (bicyclic) bond motifs is 3. The molecule has 3 rings (SSSR count). The van der Waals surface area contributed by atoms with E-state index in [2.05, 4.69) is 11.8 Å². The van der Waals surface area contributed by atoms with Crippen LogP contribution in [0.5, 0.6) is 0 Å². The molecule has 0 radical (unpaired) electrons. The fourth-order valence-electron chi connectivity index (χ4n) is 3.29. The van der Waals surface area contributed by atoms with Crippen LogP contribution in [0.2, 0.25) is 0 Å². The Labute approximate surface area is 143 Å². The van der Waals surface area contributed by atoms with E-state index in [-0.39, 0.29) is 0 Å². The van der Waals surface area contributed by atoms with Gasteiger partial charge >= 0.3 is 5.51 Å². The Morgan fingerprint density at radius 1 is 0.958 bits per heavy atom. The van der Waals surface area contributed by atoms with Gasteiger partial charge in [0.1, 0.15) is 0 Å². The van der Waals surface area contributed by atoms with Crippen LogP contribution < -0.4 is 0 Å². The normalized spacial score (nSPS) is 26.8. The minimum absolute atomic E-state index is 1.37. The molecule has 3 fully saturated rings. The highest BCUT2D eigenvalue weighted by Crippen LogP contribution is 2.21. The first-order valence-corrected chi connectivity index (χ1v) is 10.1. The zero-order valence-electron chi connectivity index (χ0n) is 14.4. The van der Waals surface area contributed by atoms with Crippen LogP contribution in [-0.2, 0) is 10.1 Å². The summed E-state index contributed by atoms with van der Waals surface area (Å²) in [6.45, 7) is 12.2. The lowest BCUT2D eigenvalue weighted by Crippen LogP contribution is -2.67. The van der Waals surface area contributed by atoms with E-state index >= 15 is 0 Å². The van der Waals surface area contributed by atoms with Crippen molar-refractivity contribution < 1.29 is 30.6 Å². The quantitative estimate of drug-likeness (QED) is 0.297. The molecule has 0 N–H and O–H groups in total. The molecular formula is C15H29F3N2O3S. The Balaban J connectivity index is 0.000000307. The summed E-state index contributed by atoms with van der Waals surface area (Å²) in [6, 6.07) is 0. The molecule has 0 aromatic carbocycles. The average Bonchev–Trinajstić information content (AvgIpc) is 2.51. The van der Waals surface area contributed by atoms with Crippen LogP contribution in [0, 0.1) is 0 Å². The van der Waals surface area contributed by atoms with Gasteiger partial charge in [0, 0.05) is 19.6 Å². The van der Waals surface area contributed by atoms with Gasteiger partial charge in [-0.1, -0.05) is 32.6 Å². The molecule has 9 heteroatoms. The number of nitrogens with zero attached hydrogens (tertiary/aromatic N) is 2. The maximum atomic E-state index is 10.7. The lowest BCUT2D eigenvalue weighted by Gasteiger charge is -2.50. The van der Waals surface area contributed by atoms with E-state index in [1.165, 1.54) is 88.8 Å². The van der Waals surface area contributed by atoms with Crippen molar-refractivity contribution in [3.05, 3.63) is 0 Å². The van der Waals surface area contributed by atoms with Crippen LogP contribution >= 0.6 is 0 Å². The third kappa shape index (κ3) is 7.25. The van der Waals surface area contributed by atoms with Gasteiger partial charge in [-0.2, -0.15) is 13.2 Å². The van der Waals surface area contributed by atoms with Gasteiger partial charge in [0.05, 0.1) is 26.2 Å². The molecule has 2 bridgehead atoms. The van der Waals surface area contributed by atoms with Crippen LogP contribution in [0.4, 0.5) is 13.2 Å². The first-order chi connectivity index (χ1) is 11.1. The number of alkyl halides is 3. The molecule has 3 heterocycles. The second-order valence-electron chi connectivity index (χ2n) is 6.75. The van der Waals surface area contributed by atoms with Gasteiger partial charge in [-0.15, -0.1) is 0 Å². The van der Waals surface area contributed by atoms with E-state index in [4.69, 9.17) is 13.0 Å². The number of rotatable bonds is 7. The predicted molar refractivity (Wildman–Crippen MR) is 85.3 cm³/mol. The van der Waals surface area contributed by atoms with E-state index in [9.17, 15) is 13.2 Å². The number of hydrogen-bond acceptors (Lipinski definition) is 4. The van der Waals surface area contributed by atoms with E-state index in [1.807, 2.05) is 0 Å². The number of quaternary nitrogens is 1. The van der Waals surface area contributed by atoms with Crippen molar-refractivity contribution in [3.63, 3.8) is 0 Å². The van der Waals surface area contributed by atoms with E-state index < -0.39 is 15.6 Å². The molecule has 3 aliphatic heterocycles. The van der Waals surface area contributed by atoms with Crippen LogP contribution in [0.25, 0.3) is 0 Å². The zero-order valence-corrected chi connectivity index (χ0v) is 15.2. The van der Waals surface area contributed by atoms with Crippen LogP contribution in [-0.4, -0.2) is 73.7 Å². The molecule has 24 heavy (non-hydrogen) atoms. The van der Waals surface area contributed by atoms with Gasteiger partial charge in [-0.05, 0) is 12.8 Å². The third-order valence-corrected chi connectivity index (χ3v) is 5.51. The van der Waals surface area contributed by atoms with Crippen molar-refractivity contribution in [1.29, 1.82) is 0 Å². The standard InChI is InChI=1S/C14H29N2.CHF3O3S/c1-2-3-4-5-6-7-11-16-12-8-15(9-13-16)10-14-16;2-1(3,4)8(5,6)7/h2-14H2,1H3;(H,5,6,7)/q+1;/p-1. The first-order valence-electron chi connectivity index (χ1n) is 8.69. The zero-order chi connectivity index (χ0) is 18.3. The smallest absolute Gasteiger partial charge is 0.485 e. The van der Waals surface area contributed by atoms with Crippen molar-refractivity contribution in [3.8, 4) is 0 Å². The lowest BCUT2D eigenvalue weighted by atomic mass is 10.1. The minimum atomic E-state index is -6.09. The first kappa shape index (κ1) is 21.7. The van der Waals surface area contributed by atoms with E-state index in [0.29, 0.717) is 0 Å². The van der Waals surface area contributed by atoms with Crippen molar-refractivity contribution in [1.82, 2.24) is 4.90 Å². The highest BCUT2D eigenvalue weighted by Gasteiger charge is 2.37. The number of halogens is 3. The lowest BCUT2D eigenvalue weighted by molar-refractivity contribution is -0.941. The minimum Gasteiger partial charge on any atom is -0.741 e. The number of piperazine rings is 3. The van der Waals surface area contributed by atoms with E-state index in [1.54, 1.807) is 0 Å². The Bertz CT molecular complexity index is 447. The Hall–Kier alpha value is -0.380. The summed E-state index contributed by atoms with van der Waals surface area (Å²) in [4.78, 5) is 2.64. The van der Waals surface area contributed by atoms with Crippen molar-refractivity contribution in [2.75, 3.05) is 45.8 Å². The molecule has 5 nitrogen and oxygen atoms in total. The van der Waals surface area contributed by atoms with Crippen molar-refractivity contribution in [2.45, 2.75) is 51.0 Å². The summed E-state index contributed by atoms with van der Waals surface area (Å²) in [5.74, 6) is 0. The Kier molecular flexibility index (Phi) is 8.44. The van der Waals surface area contributed by atoms with Crippen molar-refractivity contribution >= 4 is 10.1 Å². The molecule has 0 aromatic heterocycles. The molecule has 0 unspecified atom stereocenters. The largest absolute Gasteiger partial charge is 0.741 e. The third-order valence-electron chi connectivity index (χ3n) is 4.94. The molecule has 0 aliphatic carbocycles. The molecule has 3 saturated heterocycles. The van der Waals surface area contributed by atoms with Gasteiger partial charge < -0.3 is 9.04 Å². The second kappa shape index (κ2) is 9.35. The maximum Gasteiger partial charge on any atom is 0.485 e. The van der Waals surface area contributed by atoms with E-state index in [0.717, 1.165) is 0 Å². The SMILES string of the molecule is CCCCCCCC[N+]12CCN(CC1)CC2.O=S(=O)([O-])C(F)(F)F. The monoisotopic (exact) mass is 374 g/mol. The second-order valence-corrected chi connectivity index (χ2v) is 8.12. The molecule has 0 atom stereocenters. The predicted octanol–water partition coefficient (Wildman–Crippen LogP) is 2.54. The van der Waals surface area contributed by atoms with Crippen LogP contribution in [0.15, 0.2) is 0 Å². The summed E-state index contributed by atoms with van der Waals surface area (Å²) in [5.41, 5.74) is -5.65. The summed E-state index contributed by atoms with van der Waals surface area (Å²) >= 11 is 0. The molecule has 0 saturated carbocycles. The fraction of sp³-hybridized carbons (Fsp3) is 1.00. The van der Waals surface area contributed by atoms with Gasteiger partial charge in [-0.25, -0.2) is 8.42 Å².